The summed E-state index contributed by atoms with van der Waals surface area (Å²) in [5.41, 5.74) is 1.48. The van der Waals surface area contributed by atoms with Crippen LogP contribution in [-0.4, -0.2) is 19.1 Å². The van der Waals surface area contributed by atoms with E-state index in [9.17, 15) is 4.79 Å². The minimum atomic E-state index is -0.258. The Morgan fingerprint density at radius 3 is 2.71 bits per heavy atom. The number of anilines is 1. The number of hydrogen-bond acceptors (Lipinski definition) is 3. The lowest BCUT2D eigenvalue weighted by Crippen LogP contribution is -2.10. The molecule has 0 heterocycles. The van der Waals surface area contributed by atoms with E-state index in [0.717, 1.165) is 18.7 Å². The number of carbonyl (C=O) groups excluding carboxylic acids is 1. The van der Waals surface area contributed by atoms with Gasteiger partial charge < -0.3 is 10.1 Å². The van der Waals surface area contributed by atoms with Crippen molar-refractivity contribution in [1.82, 2.24) is 0 Å². The first-order valence-corrected chi connectivity index (χ1v) is 6.29. The minimum Gasteiger partial charge on any atom is -0.462 e. The Balaban J connectivity index is 2.61. The highest BCUT2D eigenvalue weighted by Gasteiger charge is 2.10. The molecule has 0 radical (unpaired) electrons. The van der Waals surface area contributed by atoms with Crippen LogP contribution in [0.2, 0.25) is 0 Å². The predicted octanol–water partition coefficient (Wildman–Crippen LogP) is 3.47. The molecule has 0 aliphatic rings. The molecule has 3 heteroatoms. The lowest BCUT2D eigenvalue weighted by molar-refractivity contribution is 0.0527. The van der Waals surface area contributed by atoms with E-state index in [1.807, 2.05) is 25.1 Å². The van der Waals surface area contributed by atoms with Gasteiger partial charge in [-0.05, 0) is 25.5 Å². The second-order valence-corrected chi connectivity index (χ2v) is 3.90. The van der Waals surface area contributed by atoms with E-state index in [2.05, 4.69) is 12.2 Å². The van der Waals surface area contributed by atoms with Crippen LogP contribution in [0.15, 0.2) is 24.3 Å². The zero-order chi connectivity index (χ0) is 12.5. The normalized spacial score (nSPS) is 10.0. The number of nitrogens with one attached hydrogen (secondary N) is 1. The van der Waals surface area contributed by atoms with E-state index in [1.54, 1.807) is 6.07 Å². The molecule has 0 aliphatic carbocycles. The number of esters is 1. The second-order valence-electron chi connectivity index (χ2n) is 3.90. The molecule has 0 amide bonds. The maximum atomic E-state index is 11.7. The van der Waals surface area contributed by atoms with Crippen LogP contribution in [0.4, 0.5) is 5.69 Å². The molecule has 3 nitrogen and oxygen atoms in total. The van der Waals surface area contributed by atoms with Gasteiger partial charge in [-0.3, -0.25) is 0 Å². The van der Waals surface area contributed by atoms with Crippen LogP contribution < -0.4 is 5.32 Å². The zero-order valence-electron chi connectivity index (χ0n) is 10.7. The third kappa shape index (κ3) is 4.47. The summed E-state index contributed by atoms with van der Waals surface area (Å²) in [6.45, 7) is 5.29. The fourth-order valence-corrected chi connectivity index (χ4v) is 1.62. The summed E-state index contributed by atoms with van der Waals surface area (Å²) in [5, 5.41) is 3.29. The Morgan fingerprint density at radius 2 is 2.00 bits per heavy atom. The van der Waals surface area contributed by atoms with Gasteiger partial charge >= 0.3 is 5.97 Å². The van der Waals surface area contributed by atoms with Crippen molar-refractivity contribution in [2.45, 2.75) is 33.1 Å². The monoisotopic (exact) mass is 235 g/mol. The number of unbranched alkanes of at least 4 members (excludes halogenated alkanes) is 2. The maximum Gasteiger partial charge on any atom is 0.340 e. The summed E-state index contributed by atoms with van der Waals surface area (Å²) in [5.74, 6) is -0.258. The average molecular weight is 235 g/mol. The Kier molecular flexibility index (Phi) is 6.15. The summed E-state index contributed by atoms with van der Waals surface area (Å²) in [6, 6.07) is 7.48. The van der Waals surface area contributed by atoms with E-state index >= 15 is 0 Å². The Hall–Kier alpha value is -1.51. The highest BCUT2D eigenvalue weighted by Crippen LogP contribution is 2.16. The van der Waals surface area contributed by atoms with E-state index < -0.39 is 0 Å². The van der Waals surface area contributed by atoms with Gasteiger partial charge in [0.05, 0.1) is 12.2 Å². The van der Waals surface area contributed by atoms with Crippen LogP contribution in [-0.2, 0) is 4.74 Å². The van der Waals surface area contributed by atoms with Crippen LogP contribution >= 0.6 is 0 Å². The Morgan fingerprint density at radius 1 is 1.24 bits per heavy atom. The summed E-state index contributed by atoms with van der Waals surface area (Å²) in [4.78, 5) is 11.7. The standard InChI is InChI=1S/C14H21NO2/c1-3-5-8-11-15-13-10-7-6-9-12(13)14(16)17-4-2/h6-7,9-10,15H,3-5,8,11H2,1-2H3. The molecule has 0 saturated carbocycles. The predicted molar refractivity (Wildman–Crippen MR) is 70.4 cm³/mol. The molecule has 0 aromatic heterocycles. The number of ether oxygens (including phenoxy) is 1. The minimum absolute atomic E-state index is 0.258. The van der Waals surface area contributed by atoms with Gasteiger partial charge in [0.1, 0.15) is 0 Å². The highest BCUT2D eigenvalue weighted by atomic mass is 16.5. The van der Waals surface area contributed by atoms with Crippen molar-refractivity contribution in [3.8, 4) is 0 Å². The molecular weight excluding hydrogens is 214 g/mol. The lowest BCUT2D eigenvalue weighted by Gasteiger charge is -2.10. The van der Waals surface area contributed by atoms with Gasteiger partial charge in [-0.15, -0.1) is 0 Å². The third-order valence-electron chi connectivity index (χ3n) is 2.52. The fourth-order valence-electron chi connectivity index (χ4n) is 1.62. The molecule has 17 heavy (non-hydrogen) atoms. The number of rotatable bonds is 7. The van der Waals surface area contributed by atoms with Crippen molar-refractivity contribution in [3.05, 3.63) is 29.8 Å². The van der Waals surface area contributed by atoms with Gasteiger partial charge in [0.25, 0.3) is 0 Å². The molecule has 1 N–H and O–H groups in total. The Labute approximate surface area is 103 Å². The van der Waals surface area contributed by atoms with Crippen LogP contribution in [0.3, 0.4) is 0 Å². The first-order valence-electron chi connectivity index (χ1n) is 6.29. The average Bonchev–Trinajstić information content (AvgIpc) is 2.35. The summed E-state index contributed by atoms with van der Waals surface area (Å²) in [6.07, 6.45) is 3.52. The van der Waals surface area contributed by atoms with Crippen LogP contribution in [0.25, 0.3) is 0 Å². The number of hydrogen-bond donors (Lipinski definition) is 1. The molecule has 1 aromatic rings. The van der Waals surface area contributed by atoms with Crippen LogP contribution in [0, 0.1) is 0 Å². The molecule has 0 bridgehead atoms. The molecule has 94 valence electrons. The topological polar surface area (TPSA) is 38.3 Å². The SMILES string of the molecule is CCCCCNc1ccccc1C(=O)OCC. The van der Waals surface area contributed by atoms with E-state index in [4.69, 9.17) is 4.74 Å². The van der Waals surface area contributed by atoms with Gasteiger partial charge in [-0.1, -0.05) is 31.9 Å². The maximum absolute atomic E-state index is 11.7. The Bertz CT molecular complexity index is 350. The number of benzene rings is 1. The molecule has 0 aliphatic heterocycles. The quantitative estimate of drug-likeness (QED) is 0.581. The van der Waals surface area contributed by atoms with Gasteiger partial charge in [-0.25, -0.2) is 4.79 Å². The molecule has 1 rings (SSSR count). The molecule has 0 saturated heterocycles. The lowest BCUT2D eigenvalue weighted by atomic mass is 10.1. The summed E-state index contributed by atoms with van der Waals surface area (Å²) >= 11 is 0. The molecule has 0 atom stereocenters. The van der Waals surface area contributed by atoms with Crippen LogP contribution in [0.5, 0.6) is 0 Å². The molecule has 0 unspecified atom stereocenters. The first-order chi connectivity index (χ1) is 8.29. The zero-order valence-corrected chi connectivity index (χ0v) is 10.7. The van der Waals surface area contributed by atoms with Crippen LogP contribution in [0.1, 0.15) is 43.5 Å². The number of para-hydroxylation sites is 1. The number of carbonyl (C=O) groups is 1. The molecule has 1 aromatic carbocycles. The molecule has 0 spiro atoms. The van der Waals surface area contributed by atoms with Crippen molar-refractivity contribution < 1.29 is 9.53 Å². The largest absolute Gasteiger partial charge is 0.462 e. The smallest absolute Gasteiger partial charge is 0.340 e. The summed E-state index contributed by atoms with van der Waals surface area (Å²) in [7, 11) is 0. The summed E-state index contributed by atoms with van der Waals surface area (Å²) < 4.78 is 5.02. The second kappa shape index (κ2) is 7.71. The van der Waals surface area contributed by atoms with E-state index in [0.29, 0.717) is 12.2 Å². The van der Waals surface area contributed by atoms with E-state index in [-0.39, 0.29) is 5.97 Å². The van der Waals surface area contributed by atoms with E-state index in [1.165, 1.54) is 12.8 Å². The fraction of sp³-hybridized carbons (Fsp3) is 0.500. The van der Waals surface area contributed by atoms with Gasteiger partial charge in [0.2, 0.25) is 0 Å². The van der Waals surface area contributed by atoms with Gasteiger partial charge in [0.15, 0.2) is 0 Å². The highest BCUT2D eigenvalue weighted by molar-refractivity contribution is 5.95. The van der Waals surface area contributed by atoms with Crippen molar-refractivity contribution in [3.63, 3.8) is 0 Å². The van der Waals surface area contributed by atoms with Crippen molar-refractivity contribution in [1.29, 1.82) is 0 Å². The first kappa shape index (κ1) is 13.6. The molecule has 0 fully saturated rings. The van der Waals surface area contributed by atoms with Gasteiger partial charge in [-0.2, -0.15) is 0 Å². The van der Waals surface area contributed by atoms with Gasteiger partial charge in [0, 0.05) is 12.2 Å². The van der Waals surface area contributed by atoms with Crippen molar-refractivity contribution in [2.75, 3.05) is 18.5 Å². The van der Waals surface area contributed by atoms with Crippen molar-refractivity contribution in [2.24, 2.45) is 0 Å². The molecular formula is C14H21NO2. The van der Waals surface area contributed by atoms with Crippen molar-refractivity contribution >= 4 is 11.7 Å². The third-order valence-corrected chi connectivity index (χ3v) is 2.52.